The van der Waals surface area contributed by atoms with Gasteiger partial charge >= 0.3 is 6.09 Å². The van der Waals surface area contributed by atoms with Gasteiger partial charge in [-0.2, -0.15) is 0 Å². The molecule has 1 rings (SSSR count). The van der Waals surface area contributed by atoms with Crippen molar-refractivity contribution in [2.45, 2.75) is 97.0 Å². The zero-order valence-corrected chi connectivity index (χ0v) is 23.3. The number of nitrogens with zero attached hydrogens (tertiary/aromatic N) is 2. The second-order valence-electron chi connectivity index (χ2n) is 9.48. The molecule has 7 heteroatoms. The van der Waals surface area contributed by atoms with Gasteiger partial charge in [-0.1, -0.05) is 95.8 Å². The summed E-state index contributed by atoms with van der Waals surface area (Å²) < 4.78 is 5.38. The number of hydrogen-bond acceptors (Lipinski definition) is 4. The van der Waals surface area contributed by atoms with Crippen molar-refractivity contribution in [3.05, 3.63) is 29.8 Å². The number of unbranched alkanes of at least 4 members (excludes halogenated alkanes) is 11. The number of carbonyl (C=O) groups excluding carboxylic acids is 2. The number of hydrogen-bond donors (Lipinski definition) is 1. The summed E-state index contributed by atoms with van der Waals surface area (Å²) in [7, 11) is 4.01. The average molecular weight is 512 g/mol. The van der Waals surface area contributed by atoms with Crippen LogP contribution in [0.25, 0.3) is 0 Å². The van der Waals surface area contributed by atoms with Gasteiger partial charge in [-0.3, -0.25) is 4.79 Å². The SMILES string of the molecule is CCCCCCCCCCCCCCN(C=O)c1ccccc1COC(=O)NCCCN(C)C.Cl. The molecule has 202 valence electrons. The summed E-state index contributed by atoms with van der Waals surface area (Å²) in [6, 6.07) is 7.65. The molecule has 0 heterocycles. The summed E-state index contributed by atoms with van der Waals surface area (Å²) in [5.41, 5.74) is 1.66. The fourth-order valence-electron chi connectivity index (χ4n) is 4.05. The third-order valence-electron chi connectivity index (χ3n) is 6.09. The number of nitrogens with one attached hydrogen (secondary N) is 1. The van der Waals surface area contributed by atoms with Crippen LogP contribution in [0.5, 0.6) is 0 Å². The molecule has 0 saturated carbocycles. The summed E-state index contributed by atoms with van der Waals surface area (Å²) in [4.78, 5) is 27.6. The van der Waals surface area contributed by atoms with Gasteiger partial charge in [0.05, 0.1) is 0 Å². The standard InChI is InChI=1S/C28H49N3O3.ClH/c1-4-5-6-7-8-9-10-11-12-13-14-17-23-31(25-32)27-20-16-15-19-26(27)24-34-28(33)29-21-18-22-30(2)3;/h15-16,19-20,25H,4-14,17-18,21-24H2,1-3H3,(H,29,33);1H. The lowest BCUT2D eigenvalue weighted by molar-refractivity contribution is -0.107. The third kappa shape index (κ3) is 17.3. The van der Waals surface area contributed by atoms with Crippen LogP contribution in [-0.2, 0) is 16.1 Å². The van der Waals surface area contributed by atoms with Crippen molar-refractivity contribution in [3.8, 4) is 0 Å². The molecule has 2 amide bonds. The Bertz CT molecular complexity index is 658. The molecule has 35 heavy (non-hydrogen) atoms. The lowest BCUT2D eigenvalue weighted by Crippen LogP contribution is -2.28. The molecule has 0 unspecified atom stereocenters. The van der Waals surface area contributed by atoms with Crippen molar-refractivity contribution in [1.29, 1.82) is 0 Å². The van der Waals surface area contributed by atoms with Crippen LogP contribution in [0, 0.1) is 0 Å². The molecule has 1 aromatic carbocycles. The minimum absolute atomic E-state index is 0. The van der Waals surface area contributed by atoms with Crippen LogP contribution in [0.15, 0.2) is 24.3 Å². The summed E-state index contributed by atoms with van der Waals surface area (Å²) in [6.07, 6.45) is 16.9. The summed E-state index contributed by atoms with van der Waals surface area (Å²) in [5.74, 6) is 0. The van der Waals surface area contributed by atoms with E-state index < -0.39 is 6.09 Å². The van der Waals surface area contributed by atoms with Crippen molar-refractivity contribution in [1.82, 2.24) is 10.2 Å². The first kappa shape index (κ1) is 33.2. The van der Waals surface area contributed by atoms with Crippen LogP contribution >= 0.6 is 12.4 Å². The first-order valence-electron chi connectivity index (χ1n) is 13.4. The minimum Gasteiger partial charge on any atom is -0.445 e. The van der Waals surface area contributed by atoms with Crippen LogP contribution < -0.4 is 10.2 Å². The Morgan fingerprint density at radius 1 is 0.857 bits per heavy atom. The number of halogens is 1. The summed E-state index contributed by atoms with van der Waals surface area (Å²) in [6.45, 7) is 4.60. The predicted octanol–water partition coefficient (Wildman–Crippen LogP) is 6.95. The minimum atomic E-state index is -0.424. The monoisotopic (exact) mass is 511 g/mol. The first-order valence-corrected chi connectivity index (χ1v) is 13.4. The summed E-state index contributed by atoms with van der Waals surface area (Å²) in [5, 5.41) is 2.78. The number of carbonyl (C=O) groups is 2. The number of para-hydroxylation sites is 1. The van der Waals surface area contributed by atoms with E-state index >= 15 is 0 Å². The van der Waals surface area contributed by atoms with E-state index in [9.17, 15) is 9.59 Å². The fraction of sp³-hybridized carbons (Fsp3) is 0.714. The highest BCUT2D eigenvalue weighted by molar-refractivity contribution is 5.85. The van der Waals surface area contributed by atoms with Gasteiger partial charge in [0.15, 0.2) is 0 Å². The Balaban J connectivity index is 0.0000116. The van der Waals surface area contributed by atoms with Gasteiger partial charge in [-0.05, 0) is 39.5 Å². The topological polar surface area (TPSA) is 61.9 Å². The third-order valence-corrected chi connectivity index (χ3v) is 6.09. The molecule has 0 aromatic heterocycles. The van der Waals surface area contributed by atoms with Crippen LogP contribution in [-0.4, -0.2) is 51.1 Å². The highest BCUT2D eigenvalue weighted by atomic mass is 35.5. The molecular formula is C28H50ClN3O3. The van der Waals surface area contributed by atoms with E-state index in [2.05, 4.69) is 17.1 Å². The van der Waals surface area contributed by atoms with Crippen LogP contribution in [0.3, 0.4) is 0 Å². The Labute approximate surface area is 220 Å². The van der Waals surface area contributed by atoms with Crippen molar-refractivity contribution in [2.75, 3.05) is 38.6 Å². The van der Waals surface area contributed by atoms with Crippen molar-refractivity contribution in [3.63, 3.8) is 0 Å². The molecule has 1 aromatic rings. The molecule has 0 atom stereocenters. The van der Waals surface area contributed by atoms with Gasteiger partial charge in [0.1, 0.15) is 6.61 Å². The van der Waals surface area contributed by atoms with E-state index in [4.69, 9.17) is 4.74 Å². The second-order valence-corrected chi connectivity index (χ2v) is 9.48. The predicted molar refractivity (Wildman–Crippen MR) is 150 cm³/mol. The van der Waals surface area contributed by atoms with Crippen LogP contribution in [0.4, 0.5) is 10.5 Å². The largest absolute Gasteiger partial charge is 0.445 e. The zero-order chi connectivity index (χ0) is 24.9. The number of amides is 2. The lowest BCUT2D eigenvalue weighted by atomic mass is 10.1. The van der Waals surface area contributed by atoms with Crippen molar-refractivity contribution in [2.24, 2.45) is 0 Å². The second kappa shape index (κ2) is 22.7. The van der Waals surface area contributed by atoms with Gasteiger partial charge in [-0.15, -0.1) is 12.4 Å². The van der Waals surface area contributed by atoms with Gasteiger partial charge in [0.2, 0.25) is 6.41 Å². The normalized spacial score (nSPS) is 10.6. The van der Waals surface area contributed by atoms with E-state index in [1.165, 1.54) is 64.2 Å². The van der Waals surface area contributed by atoms with Gasteiger partial charge in [0.25, 0.3) is 0 Å². The highest BCUT2D eigenvalue weighted by Crippen LogP contribution is 2.21. The van der Waals surface area contributed by atoms with Crippen molar-refractivity contribution >= 4 is 30.6 Å². The smallest absolute Gasteiger partial charge is 0.407 e. The quantitative estimate of drug-likeness (QED) is 0.143. The van der Waals surface area contributed by atoms with Gasteiger partial charge in [-0.25, -0.2) is 4.79 Å². The summed E-state index contributed by atoms with van der Waals surface area (Å²) >= 11 is 0. The fourth-order valence-corrected chi connectivity index (χ4v) is 4.05. The van der Waals surface area contributed by atoms with Gasteiger partial charge in [0, 0.05) is 24.3 Å². The number of benzene rings is 1. The molecular weight excluding hydrogens is 462 g/mol. The lowest BCUT2D eigenvalue weighted by Gasteiger charge is -2.21. The Morgan fingerprint density at radius 2 is 1.43 bits per heavy atom. The number of anilines is 1. The molecule has 0 spiro atoms. The molecule has 6 nitrogen and oxygen atoms in total. The average Bonchev–Trinajstić information content (AvgIpc) is 2.84. The maximum absolute atomic E-state index is 12.0. The van der Waals surface area contributed by atoms with E-state index in [0.717, 1.165) is 43.5 Å². The molecule has 0 fully saturated rings. The molecule has 1 N–H and O–H groups in total. The van der Waals surface area contributed by atoms with E-state index in [0.29, 0.717) is 13.1 Å². The Kier molecular flexibility index (Phi) is 21.5. The molecule has 0 bridgehead atoms. The van der Waals surface area contributed by atoms with E-state index in [-0.39, 0.29) is 19.0 Å². The zero-order valence-electron chi connectivity index (χ0n) is 22.4. The molecule has 0 aliphatic rings. The number of alkyl carbamates (subject to hydrolysis) is 1. The van der Waals surface area contributed by atoms with E-state index in [1.807, 2.05) is 38.4 Å². The number of ether oxygens (including phenoxy) is 1. The molecule has 0 aliphatic carbocycles. The van der Waals surface area contributed by atoms with Gasteiger partial charge < -0.3 is 19.9 Å². The Morgan fingerprint density at radius 3 is 2.00 bits per heavy atom. The first-order chi connectivity index (χ1) is 16.6. The maximum Gasteiger partial charge on any atom is 0.407 e. The molecule has 0 saturated heterocycles. The van der Waals surface area contributed by atoms with Crippen LogP contribution in [0.2, 0.25) is 0 Å². The highest BCUT2D eigenvalue weighted by Gasteiger charge is 2.12. The Hall–Kier alpha value is -1.79. The number of rotatable bonds is 21. The molecule has 0 radical (unpaired) electrons. The van der Waals surface area contributed by atoms with Crippen molar-refractivity contribution < 1.29 is 14.3 Å². The van der Waals surface area contributed by atoms with E-state index in [1.54, 1.807) is 4.90 Å². The maximum atomic E-state index is 12.0. The van der Waals surface area contributed by atoms with Crippen LogP contribution in [0.1, 0.15) is 96.0 Å². The molecule has 0 aliphatic heterocycles.